The second-order valence-electron chi connectivity index (χ2n) is 5.25. The predicted octanol–water partition coefficient (Wildman–Crippen LogP) is 3.78. The Balaban J connectivity index is 2.19. The maximum atomic E-state index is 13.8. The summed E-state index contributed by atoms with van der Waals surface area (Å²) in [4.78, 5) is 5.67. The van der Waals surface area contributed by atoms with Gasteiger partial charge in [-0.2, -0.15) is 8.78 Å². The van der Waals surface area contributed by atoms with Gasteiger partial charge in [-0.25, -0.2) is 22.0 Å². The maximum absolute atomic E-state index is 13.8. The van der Waals surface area contributed by atoms with Gasteiger partial charge >= 0.3 is 5.25 Å². The fraction of sp³-hybridized carbons (Fsp3) is 0.200. The fourth-order valence-electron chi connectivity index (χ4n) is 2.54. The van der Waals surface area contributed by atoms with Crippen LogP contribution in [0.5, 0.6) is 11.5 Å². The smallest absolute Gasteiger partial charge is 0.379 e. The number of hydrogen-bond donors (Lipinski definition) is 1. The largest absolute Gasteiger partial charge is 0.457 e. The van der Waals surface area contributed by atoms with E-state index in [-0.39, 0.29) is 11.4 Å². The minimum Gasteiger partial charge on any atom is -0.457 e. The number of ether oxygens (including phenoxy) is 1. The molecular weight excluding hydrogens is 380 g/mol. The Kier molecular flexibility index (Phi) is 4.12. The minimum absolute atomic E-state index is 0.0383. The Hall–Kier alpha value is -2.71. The van der Waals surface area contributed by atoms with Crippen LogP contribution < -0.4 is 4.74 Å². The molecule has 0 radical (unpaired) electrons. The standard InChI is InChI=1S/C15H8F4N2O4S/c1-20-7-4-8(6-21-5-7)25-9-2-3-10-12(11(9)14(16)17)13(22)15(18,19)26(10,23)24/h2-6,13-14,22H. The Morgan fingerprint density at radius 3 is 2.62 bits per heavy atom. The molecule has 26 heavy (non-hydrogen) atoms. The van der Waals surface area contributed by atoms with E-state index in [1.807, 2.05) is 0 Å². The highest BCUT2D eigenvalue weighted by atomic mass is 32.2. The first-order chi connectivity index (χ1) is 12.1. The highest BCUT2D eigenvalue weighted by molar-refractivity contribution is 7.92. The summed E-state index contributed by atoms with van der Waals surface area (Å²) >= 11 is 0. The van der Waals surface area contributed by atoms with Gasteiger partial charge in [0.25, 0.3) is 6.43 Å². The third-order valence-corrected chi connectivity index (χ3v) is 5.60. The summed E-state index contributed by atoms with van der Waals surface area (Å²) in [5.74, 6) is -0.767. The van der Waals surface area contributed by atoms with Crippen LogP contribution in [0.15, 0.2) is 35.5 Å². The summed E-state index contributed by atoms with van der Waals surface area (Å²) in [5, 5.41) is 5.04. The average Bonchev–Trinajstić information content (AvgIpc) is 2.72. The molecule has 0 saturated carbocycles. The van der Waals surface area contributed by atoms with Crippen LogP contribution in [0.4, 0.5) is 23.2 Å². The number of halogens is 4. The van der Waals surface area contributed by atoms with Crippen molar-refractivity contribution in [2.45, 2.75) is 22.7 Å². The number of aromatic nitrogens is 1. The molecule has 0 aliphatic carbocycles. The number of aliphatic hydroxyl groups excluding tert-OH is 1. The lowest BCUT2D eigenvalue weighted by Gasteiger charge is -2.16. The quantitative estimate of drug-likeness (QED) is 0.639. The van der Waals surface area contributed by atoms with E-state index in [0.29, 0.717) is 6.07 Å². The molecule has 1 N–H and O–H groups in total. The molecular formula is C15H8F4N2O4S. The normalized spacial score (nSPS) is 19.8. The number of hydrogen-bond acceptors (Lipinski definition) is 5. The lowest BCUT2D eigenvalue weighted by molar-refractivity contribution is -0.0391. The van der Waals surface area contributed by atoms with Gasteiger partial charge in [-0.05, 0) is 18.2 Å². The van der Waals surface area contributed by atoms with Crippen molar-refractivity contribution in [1.82, 2.24) is 4.98 Å². The van der Waals surface area contributed by atoms with Crippen molar-refractivity contribution in [3.8, 4) is 11.5 Å². The second-order valence-corrected chi connectivity index (χ2v) is 7.24. The summed E-state index contributed by atoms with van der Waals surface area (Å²) in [6.45, 7) is 6.87. The molecule has 0 saturated heterocycles. The van der Waals surface area contributed by atoms with E-state index in [2.05, 4.69) is 9.83 Å². The van der Waals surface area contributed by atoms with Crippen LogP contribution in [0.1, 0.15) is 23.7 Å². The number of nitrogens with zero attached hydrogens (tertiary/aromatic N) is 2. The van der Waals surface area contributed by atoms with Crippen molar-refractivity contribution in [3.05, 3.63) is 53.1 Å². The first-order valence-corrected chi connectivity index (χ1v) is 8.35. The van der Waals surface area contributed by atoms with E-state index >= 15 is 0 Å². The van der Waals surface area contributed by atoms with Crippen molar-refractivity contribution < 1.29 is 35.8 Å². The van der Waals surface area contributed by atoms with Gasteiger partial charge in [0.1, 0.15) is 11.5 Å². The highest BCUT2D eigenvalue weighted by Gasteiger charge is 2.61. The van der Waals surface area contributed by atoms with Crippen molar-refractivity contribution >= 4 is 15.5 Å². The lowest BCUT2D eigenvalue weighted by Crippen LogP contribution is -2.28. The van der Waals surface area contributed by atoms with E-state index in [1.165, 1.54) is 12.3 Å². The minimum atomic E-state index is -5.31. The lowest BCUT2D eigenvalue weighted by atomic mass is 10.0. The van der Waals surface area contributed by atoms with Crippen LogP contribution in [0.2, 0.25) is 0 Å². The zero-order valence-electron chi connectivity index (χ0n) is 12.5. The molecule has 1 atom stereocenters. The Bertz CT molecular complexity index is 1030. The van der Waals surface area contributed by atoms with E-state index in [1.54, 1.807) is 0 Å². The van der Waals surface area contributed by atoms with Gasteiger partial charge < -0.3 is 9.84 Å². The van der Waals surface area contributed by atoms with Crippen LogP contribution in [0, 0.1) is 6.57 Å². The highest BCUT2D eigenvalue weighted by Crippen LogP contribution is 2.53. The Morgan fingerprint density at radius 1 is 1.31 bits per heavy atom. The topological polar surface area (TPSA) is 80.8 Å². The molecule has 2 aromatic rings. The molecule has 0 bridgehead atoms. The molecule has 1 unspecified atom stereocenters. The van der Waals surface area contributed by atoms with Gasteiger partial charge in [-0.1, -0.05) is 0 Å². The molecule has 1 aliphatic heterocycles. The first-order valence-electron chi connectivity index (χ1n) is 6.87. The number of fused-ring (bicyclic) bond motifs is 1. The number of pyridine rings is 1. The zero-order chi connectivity index (χ0) is 19.3. The molecule has 3 rings (SSSR count). The van der Waals surface area contributed by atoms with E-state index in [9.17, 15) is 31.1 Å². The third kappa shape index (κ3) is 2.49. The first kappa shape index (κ1) is 18.1. The zero-order valence-corrected chi connectivity index (χ0v) is 13.3. The van der Waals surface area contributed by atoms with E-state index < -0.39 is 49.4 Å². The third-order valence-electron chi connectivity index (χ3n) is 3.72. The fourth-order valence-corrected chi connectivity index (χ4v) is 4.00. The van der Waals surface area contributed by atoms with Crippen molar-refractivity contribution in [1.29, 1.82) is 0 Å². The Labute approximate surface area is 144 Å². The number of aliphatic hydroxyl groups is 1. The van der Waals surface area contributed by atoms with Crippen LogP contribution in [-0.4, -0.2) is 23.8 Å². The van der Waals surface area contributed by atoms with Gasteiger partial charge in [0.2, 0.25) is 15.5 Å². The Morgan fingerprint density at radius 2 is 2.00 bits per heavy atom. The van der Waals surface area contributed by atoms with Gasteiger partial charge in [-0.3, -0.25) is 4.98 Å². The van der Waals surface area contributed by atoms with Crippen LogP contribution >= 0.6 is 0 Å². The molecule has 2 heterocycles. The van der Waals surface area contributed by atoms with E-state index in [4.69, 9.17) is 11.3 Å². The maximum Gasteiger partial charge on any atom is 0.379 e. The molecule has 0 amide bonds. The van der Waals surface area contributed by atoms with Crippen LogP contribution in [0.3, 0.4) is 0 Å². The molecule has 1 aromatic heterocycles. The average molecular weight is 388 g/mol. The van der Waals surface area contributed by atoms with Crippen LogP contribution in [0.25, 0.3) is 4.85 Å². The second kappa shape index (κ2) is 5.93. The summed E-state index contributed by atoms with van der Waals surface area (Å²) in [6, 6.07) is 2.63. The molecule has 0 spiro atoms. The SMILES string of the molecule is [C-]#[N+]c1cncc(Oc2ccc3c(c2C(F)F)C(O)C(F)(F)S3(=O)=O)c1. The van der Waals surface area contributed by atoms with Crippen molar-refractivity contribution in [2.24, 2.45) is 0 Å². The molecule has 136 valence electrons. The molecule has 11 heteroatoms. The number of rotatable bonds is 3. The molecule has 6 nitrogen and oxygen atoms in total. The van der Waals surface area contributed by atoms with Crippen LogP contribution in [-0.2, 0) is 9.84 Å². The number of alkyl halides is 4. The van der Waals surface area contributed by atoms with Crippen molar-refractivity contribution in [3.63, 3.8) is 0 Å². The predicted molar refractivity (Wildman–Crippen MR) is 79.1 cm³/mol. The molecule has 1 aromatic carbocycles. The molecule has 0 fully saturated rings. The summed E-state index contributed by atoms with van der Waals surface area (Å²) < 4.78 is 83.5. The van der Waals surface area contributed by atoms with Crippen molar-refractivity contribution in [2.75, 3.05) is 0 Å². The number of sulfone groups is 1. The monoisotopic (exact) mass is 388 g/mol. The summed E-state index contributed by atoms with van der Waals surface area (Å²) in [7, 11) is -5.31. The van der Waals surface area contributed by atoms with E-state index in [0.717, 1.165) is 12.3 Å². The van der Waals surface area contributed by atoms with Gasteiger partial charge in [0, 0.05) is 11.8 Å². The van der Waals surface area contributed by atoms with Gasteiger partial charge in [0.05, 0.1) is 23.2 Å². The van der Waals surface area contributed by atoms with Gasteiger partial charge in [-0.15, -0.1) is 0 Å². The summed E-state index contributed by atoms with van der Waals surface area (Å²) in [5.41, 5.74) is -2.22. The number of benzene rings is 1. The molecule has 1 aliphatic rings. The summed E-state index contributed by atoms with van der Waals surface area (Å²) in [6.07, 6.45) is -4.08. The van der Waals surface area contributed by atoms with Gasteiger partial charge in [0.15, 0.2) is 6.10 Å².